The average Bonchev–Trinajstić information content (AvgIpc) is 2.52. The molecule has 0 radical (unpaired) electrons. The summed E-state index contributed by atoms with van der Waals surface area (Å²) in [6.45, 7) is 3.70. The lowest BCUT2D eigenvalue weighted by atomic mass is 10.0. The lowest BCUT2D eigenvalue weighted by Gasteiger charge is -2.34. The molecule has 1 heterocycles. The number of nitrogens with two attached hydrogens (primary N) is 1. The summed E-state index contributed by atoms with van der Waals surface area (Å²) in [5, 5.41) is 3.57. The first kappa shape index (κ1) is 17.2. The molecule has 4 nitrogen and oxygen atoms in total. The fourth-order valence-corrected chi connectivity index (χ4v) is 3.31. The summed E-state index contributed by atoms with van der Waals surface area (Å²) in [5.74, 6) is 1.06. The van der Waals surface area contributed by atoms with Crippen molar-refractivity contribution >= 4 is 23.4 Å². The summed E-state index contributed by atoms with van der Waals surface area (Å²) >= 11 is 1.74. The number of rotatable bonds is 6. The van der Waals surface area contributed by atoms with Gasteiger partial charge in [-0.25, -0.2) is 0 Å². The summed E-state index contributed by atoms with van der Waals surface area (Å²) in [5.41, 5.74) is 8.42. The van der Waals surface area contributed by atoms with Crippen molar-refractivity contribution in [3.8, 4) is 0 Å². The second kappa shape index (κ2) is 8.44. The molecule has 22 heavy (non-hydrogen) atoms. The quantitative estimate of drug-likeness (QED) is 0.845. The molecule has 3 N–H and O–H groups in total. The second-order valence-electron chi connectivity index (χ2n) is 6.00. The van der Waals surface area contributed by atoms with Crippen molar-refractivity contribution < 1.29 is 4.79 Å². The first-order chi connectivity index (χ1) is 10.6. The van der Waals surface area contributed by atoms with Crippen LogP contribution in [-0.4, -0.2) is 48.0 Å². The van der Waals surface area contributed by atoms with Gasteiger partial charge in [0.2, 0.25) is 5.91 Å². The molecule has 1 amide bonds. The van der Waals surface area contributed by atoms with Crippen LogP contribution in [-0.2, 0) is 4.79 Å². The van der Waals surface area contributed by atoms with Crippen LogP contribution in [0.2, 0.25) is 0 Å². The summed E-state index contributed by atoms with van der Waals surface area (Å²) in [7, 11) is 0. The molecule has 1 aromatic carbocycles. The van der Waals surface area contributed by atoms with Crippen LogP contribution in [0, 0.1) is 6.92 Å². The Morgan fingerprint density at radius 2 is 2.18 bits per heavy atom. The molecular formula is C17H27N3OS. The molecule has 1 saturated heterocycles. The summed E-state index contributed by atoms with van der Waals surface area (Å²) < 4.78 is 0. The molecule has 2 rings (SSSR count). The van der Waals surface area contributed by atoms with Gasteiger partial charge in [0, 0.05) is 24.8 Å². The van der Waals surface area contributed by atoms with E-state index >= 15 is 0 Å². The molecule has 1 atom stereocenters. The smallest absolute Gasteiger partial charge is 0.239 e. The molecule has 122 valence electrons. The third kappa shape index (κ3) is 4.92. The first-order valence-electron chi connectivity index (χ1n) is 7.96. The van der Waals surface area contributed by atoms with E-state index in [0.717, 1.165) is 38.1 Å². The Hall–Kier alpha value is -1.20. The number of carbonyl (C=O) groups is 1. The largest absolute Gasteiger partial charge is 0.382 e. The molecular weight excluding hydrogens is 294 g/mol. The van der Waals surface area contributed by atoms with Crippen LogP contribution in [0.25, 0.3) is 0 Å². The van der Waals surface area contributed by atoms with Gasteiger partial charge in [-0.2, -0.15) is 11.8 Å². The number of hydrogen-bond donors (Lipinski definition) is 2. The van der Waals surface area contributed by atoms with Crippen molar-refractivity contribution in [3.05, 3.63) is 29.8 Å². The molecule has 0 spiro atoms. The Morgan fingerprint density at radius 3 is 2.82 bits per heavy atom. The minimum atomic E-state index is -0.339. The molecule has 1 aliphatic heterocycles. The first-order valence-corrected chi connectivity index (χ1v) is 9.36. The maximum Gasteiger partial charge on any atom is 0.239 e. The van der Waals surface area contributed by atoms with E-state index in [1.165, 1.54) is 11.3 Å². The number of piperidine rings is 1. The number of thioether (sulfide) groups is 1. The summed E-state index contributed by atoms with van der Waals surface area (Å²) in [4.78, 5) is 14.2. The van der Waals surface area contributed by atoms with Crippen LogP contribution in [0.4, 0.5) is 5.69 Å². The van der Waals surface area contributed by atoms with Gasteiger partial charge in [-0.3, -0.25) is 4.79 Å². The van der Waals surface area contributed by atoms with Gasteiger partial charge in [-0.15, -0.1) is 0 Å². The zero-order chi connectivity index (χ0) is 15.9. The molecule has 1 aliphatic rings. The Balaban J connectivity index is 1.79. The third-order valence-electron chi connectivity index (χ3n) is 4.15. The highest BCUT2D eigenvalue weighted by Crippen LogP contribution is 2.18. The van der Waals surface area contributed by atoms with E-state index in [1.807, 2.05) is 11.2 Å². The van der Waals surface area contributed by atoms with Gasteiger partial charge in [0.15, 0.2) is 0 Å². The maximum absolute atomic E-state index is 12.3. The van der Waals surface area contributed by atoms with Gasteiger partial charge in [-0.1, -0.05) is 12.1 Å². The maximum atomic E-state index is 12.3. The number of nitrogens with one attached hydrogen (secondary N) is 1. The fourth-order valence-electron chi connectivity index (χ4n) is 2.82. The normalized spacial score (nSPS) is 17.3. The van der Waals surface area contributed by atoms with E-state index in [4.69, 9.17) is 5.73 Å². The van der Waals surface area contributed by atoms with E-state index < -0.39 is 0 Å². The second-order valence-corrected chi connectivity index (χ2v) is 6.99. The number of anilines is 1. The minimum Gasteiger partial charge on any atom is -0.382 e. The number of hydrogen-bond acceptors (Lipinski definition) is 4. The van der Waals surface area contributed by atoms with Crippen LogP contribution < -0.4 is 11.1 Å². The topological polar surface area (TPSA) is 58.4 Å². The van der Waals surface area contributed by atoms with E-state index in [-0.39, 0.29) is 11.9 Å². The average molecular weight is 321 g/mol. The molecule has 0 aliphatic carbocycles. The molecule has 1 aromatic rings. The SMILES string of the molecule is CSCC[C@H](N)C(=O)N1CCC(Nc2cccc(C)c2)CC1. The van der Waals surface area contributed by atoms with Crippen LogP contribution in [0.5, 0.6) is 0 Å². The number of likely N-dealkylation sites (tertiary alicyclic amines) is 1. The van der Waals surface area contributed by atoms with Crippen LogP contribution in [0.1, 0.15) is 24.8 Å². The zero-order valence-corrected chi connectivity index (χ0v) is 14.4. The number of amides is 1. The highest BCUT2D eigenvalue weighted by atomic mass is 32.2. The van der Waals surface area contributed by atoms with Gasteiger partial charge in [0.05, 0.1) is 6.04 Å². The third-order valence-corrected chi connectivity index (χ3v) is 4.79. The Bertz CT molecular complexity index is 487. The van der Waals surface area contributed by atoms with Crippen molar-refractivity contribution in [2.45, 2.75) is 38.3 Å². The van der Waals surface area contributed by atoms with Crippen molar-refractivity contribution in [3.63, 3.8) is 0 Å². The van der Waals surface area contributed by atoms with Crippen molar-refractivity contribution in [2.75, 3.05) is 30.4 Å². The van der Waals surface area contributed by atoms with E-state index in [0.29, 0.717) is 6.04 Å². The van der Waals surface area contributed by atoms with E-state index in [1.54, 1.807) is 11.8 Å². The number of nitrogens with zero attached hydrogens (tertiary/aromatic N) is 1. The lowest BCUT2D eigenvalue weighted by Crippen LogP contribution is -2.49. The summed E-state index contributed by atoms with van der Waals surface area (Å²) in [6.07, 6.45) is 4.77. The highest BCUT2D eigenvalue weighted by Gasteiger charge is 2.25. The number of aryl methyl sites for hydroxylation is 1. The van der Waals surface area contributed by atoms with Gasteiger partial charge >= 0.3 is 0 Å². The van der Waals surface area contributed by atoms with Gasteiger partial charge in [0.1, 0.15) is 0 Å². The van der Waals surface area contributed by atoms with Crippen molar-refractivity contribution in [1.29, 1.82) is 0 Å². The van der Waals surface area contributed by atoms with Gasteiger partial charge in [-0.05, 0) is 55.9 Å². The number of carbonyl (C=O) groups excluding carboxylic acids is 1. The van der Waals surface area contributed by atoms with E-state index in [9.17, 15) is 4.79 Å². The van der Waals surface area contributed by atoms with Crippen molar-refractivity contribution in [1.82, 2.24) is 4.90 Å². The Kier molecular flexibility index (Phi) is 6.58. The predicted molar refractivity (Wildman–Crippen MR) is 95.4 cm³/mol. The fraction of sp³-hybridized carbons (Fsp3) is 0.588. The Morgan fingerprint density at radius 1 is 1.45 bits per heavy atom. The van der Waals surface area contributed by atoms with Crippen LogP contribution in [0.15, 0.2) is 24.3 Å². The minimum absolute atomic E-state index is 0.114. The Labute approximate surface area is 137 Å². The zero-order valence-electron chi connectivity index (χ0n) is 13.5. The lowest BCUT2D eigenvalue weighted by molar-refractivity contribution is -0.133. The van der Waals surface area contributed by atoms with Gasteiger partial charge < -0.3 is 16.0 Å². The molecule has 0 bridgehead atoms. The van der Waals surface area contributed by atoms with Crippen LogP contribution >= 0.6 is 11.8 Å². The highest BCUT2D eigenvalue weighted by molar-refractivity contribution is 7.98. The van der Waals surface area contributed by atoms with E-state index in [2.05, 4.69) is 36.5 Å². The molecule has 0 aromatic heterocycles. The monoisotopic (exact) mass is 321 g/mol. The van der Waals surface area contributed by atoms with Crippen molar-refractivity contribution in [2.24, 2.45) is 5.73 Å². The predicted octanol–water partition coefficient (Wildman–Crippen LogP) is 2.48. The molecule has 1 fully saturated rings. The van der Waals surface area contributed by atoms with Gasteiger partial charge in [0.25, 0.3) is 0 Å². The summed E-state index contributed by atoms with van der Waals surface area (Å²) in [6, 6.07) is 8.53. The molecule has 5 heteroatoms. The van der Waals surface area contributed by atoms with Crippen LogP contribution in [0.3, 0.4) is 0 Å². The molecule has 0 unspecified atom stereocenters. The standard InChI is InChI=1S/C17H27N3OS/c1-13-4-3-5-15(12-13)19-14-6-9-20(10-7-14)17(21)16(18)8-11-22-2/h3-5,12,14,16,19H,6-11,18H2,1-2H3/t16-/m0/s1. The molecule has 0 saturated carbocycles. The number of benzene rings is 1.